The quantitative estimate of drug-likeness (QED) is 0.101. The Morgan fingerprint density at radius 2 is 1.56 bits per heavy atom. The van der Waals surface area contributed by atoms with E-state index in [0.29, 0.717) is 0 Å². The summed E-state index contributed by atoms with van der Waals surface area (Å²) < 4.78 is 14.5. The number of ether oxygens (including phenoxy) is 3. The van der Waals surface area contributed by atoms with E-state index in [1.807, 2.05) is 0 Å². The summed E-state index contributed by atoms with van der Waals surface area (Å²) in [4.78, 5) is 35.0. The monoisotopic (exact) mass is 357 g/mol. The molecule has 0 saturated heterocycles. The highest BCUT2D eigenvalue weighted by molar-refractivity contribution is 6.19. The molecule has 0 saturated carbocycles. The lowest BCUT2D eigenvalue weighted by Gasteiger charge is -2.10. The van der Waals surface area contributed by atoms with E-state index in [1.165, 1.54) is 6.92 Å². The van der Waals surface area contributed by atoms with Gasteiger partial charge in [0, 0.05) is 6.92 Å². The maximum atomic E-state index is 12.1. The number of nitrogens with two attached hydrogens (primary N) is 1. The number of hydrogen-bond donors (Lipinski definition) is 3. The highest BCUT2D eigenvalue weighted by atomic mass is 16.6. The smallest absolute Gasteiger partial charge is 0.345 e. The van der Waals surface area contributed by atoms with Crippen LogP contribution in [0.25, 0.3) is 0 Å². The molecule has 140 valence electrons. The van der Waals surface area contributed by atoms with Gasteiger partial charge in [0.15, 0.2) is 5.84 Å². The van der Waals surface area contributed by atoms with Gasteiger partial charge in [0.25, 0.3) is 5.95 Å². The fourth-order valence-corrected chi connectivity index (χ4v) is 1.42. The normalized spacial score (nSPS) is 12.8. The predicted octanol–water partition coefficient (Wildman–Crippen LogP) is 0.253. The molecule has 10 heteroatoms. The number of rotatable bonds is 9. The van der Waals surface area contributed by atoms with Crippen LogP contribution < -0.4 is 11.2 Å². The summed E-state index contributed by atoms with van der Waals surface area (Å²) in [6.07, 6.45) is 0.918. The van der Waals surface area contributed by atoms with Crippen LogP contribution in [0.1, 0.15) is 27.7 Å². The van der Waals surface area contributed by atoms with E-state index in [-0.39, 0.29) is 25.4 Å². The van der Waals surface area contributed by atoms with Crippen molar-refractivity contribution in [3.8, 4) is 0 Å². The number of amides is 1. The van der Waals surface area contributed by atoms with Gasteiger partial charge in [0.2, 0.25) is 5.91 Å². The molecular weight excluding hydrogens is 334 g/mol. The molecule has 10 nitrogen and oxygen atoms in total. The number of nitrogens with zero attached hydrogens (tertiary/aromatic N) is 1. The summed E-state index contributed by atoms with van der Waals surface area (Å²) in [5.41, 5.74) is 6.90. The largest absolute Gasteiger partial charge is 0.480 e. The second-order valence-electron chi connectivity index (χ2n) is 4.32. The molecule has 0 aromatic rings. The molecule has 0 fully saturated rings. The number of esters is 2. The maximum absolute atomic E-state index is 12.1. The topological polar surface area (TPSA) is 150 Å². The van der Waals surface area contributed by atoms with Crippen molar-refractivity contribution in [2.45, 2.75) is 27.7 Å². The van der Waals surface area contributed by atoms with Gasteiger partial charge in [-0.25, -0.2) is 15.0 Å². The Hall–Kier alpha value is -3.04. The Balaban J connectivity index is 6.09. The molecule has 0 atom stereocenters. The second-order valence-corrected chi connectivity index (χ2v) is 4.32. The Morgan fingerprint density at radius 3 is 2.04 bits per heavy atom. The minimum Gasteiger partial charge on any atom is -0.480 e. The van der Waals surface area contributed by atoms with Crippen LogP contribution in [0.2, 0.25) is 0 Å². The van der Waals surface area contributed by atoms with E-state index in [1.54, 1.807) is 20.8 Å². The lowest BCUT2D eigenvalue weighted by atomic mass is 10.1. The van der Waals surface area contributed by atoms with E-state index in [0.717, 1.165) is 6.08 Å². The lowest BCUT2D eigenvalue weighted by molar-refractivity contribution is -0.138. The summed E-state index contributed by atoms with van der Waals surface area (Å²) in [5.74, 6) is -3.57. The molecule has 0 aromatic heterocycles. The van der Waals surface area contributed by atoms with Crippen molar-refractivity contribution in [3.63, 3.8) is 0 Å². The summed E-state index contributed by atoms with van der Waals surface area (Å²) in [6.45, 7) is 6.02. The van der Waals surface area contributed by atoms with Crippen molar-refractivity contribution in [1.29, 1.82) is 0 Å². The van der Waals surface area contributed by atoms with Crippen LogP contribution in [0.5, 0.6) is 0 Å². The number of aliphatic hydroxyl groups is 1. The van der Waals surface area contributed by atoms with Crippen LogP contribution in [0.3, 0.4) is 0 Å². The third-order valence-corrected chi connectivity index (χ3v) is 2.40. The average molecular weight is 357 g/mol. The standard InChI is InChI=1S/C15H23N3O7/c1-5-23-13(20)10(12(16)18-17-9(4)19)8-11(14(21)24-6-2)15(22)25-7-3/h8,21H,5-7H2,1-4H3,(H2,16,18)(H,17,19)/b10-8-,14-11-. The van der Waals surface area contributed by atoms with Crippen LogP contribution in [-0.2, 0) is 28.6 Å². The van der Waals surface area contributed by atoms with Crippen LogP contribution >= 0.6 is 0 Å². The molecule has 0 spiro atoms. The molecule has 0 unspecified atom stereocenters. The highest BCUT2D eigenvalue weighted by Gasteiger charge is 2.22. The van der Waals surface area contributed by atoms with Crippen LogP contribution in [0.4, 0.5) is 0 Å². The lowest BCUT2D eigenvalue weighted by Crippen LogP contribution is -2.28. The molecule has 0 aliphatic heterocycles. The van der Waals surface area contributed by atoms with Crippen molar-refractivity contribution in [2.75, 3.05) is 19.8 Å². The fraction of sp³-hybridized carbons (Fsp3) is 0.467. The Labute approximate surface area is 145 Å². The zero-order chi connectivity index (χ0) is 19.4. The fourth-order valence-electron chi connectivity index (χ4n) is 1.42. The van der Waals surface area contributed by atoms with Crippen molar-refractivity contribution < 1.29 is 33.7 Å². The molecular formula is C15H23N3O7. The highest BCUT2D eigenvalue weighted by Crippen LogP contribution is 2.13. The number of hydrogen-bond acceptors (Lipinski definition) is 8. The SMILES string of the molecule is CCOC(=O)C(=C\C(C(=O)OCC)=C(/O)OCC)/C(N)=N/NC(C)=O. The van der Waals surface area contributed by atoms with Crippen molar-refractivity contribution >= 4 is 23.7 Å². The Kier molecular flexibility index (Phi) is 10.1. The molecule has 0 aliphatic rings. The van der Waals surface area contributed by atoms with E-state index in [9.17, 15) is 19.5 Å². The van der Waals surface area contributed by atoms with E-state index < -0.39 is 35.2 Å². The number of nitrogens with one attached hydrogen (secondary N) is 1. The molecule has 0 heterocycles. The molecule has 4 N–H and O–H groups in total. The van der Waals surface area contributed by atoms with Gasteiger partial charge in [0.1, 0.15) is 11.1 Å². The summed E-state index contributed by atoms with van der Waals surface area (Å²) in [5, 5.41) is 13.4. The Morgan fingerprint density at radius 1 is 1.04 bits per heavy atom. The van der Waals surface area contributed by atoms with E-state index in [2.05, 4.69) is 10.5 Å². The maximum Gasteiger partial charge on any atom is 0.345 e. The molecule has 0 rings (SSSR count). The van der Waals surface area contributed by atoms with Crippen LogP contribution in [-0.4, -0.2) is 48.6 Å². The van der Waals surface area contributed by atoms with Gasteiger partial charge in [-0.15, -0.1) is 0 Å². The summed E-state index contributed by atoms with van der Waals surface area (Å²) >= 11 is 0. The zero-order valence-corrected chi connectivity index (χ0v) is 14.6. The minimum absolute atomic E-state index is 0.0273. The van der Waals surface area contributed by atoms with Gasteiger partial charge in [-0.05, 0) is 26.8 Å². The van der Waals surface area contributed by atoms with Gasteiger partial charge >= 0.3 is 11.9 Å². The third-order valence-electron chi connectivity index (χ3n) is 2.40. The molecule has 0 aliphatic carbocycles. The minimum atomic E-state index is -0.942. The second kappa shape index (κ2) is 11.5. The van der Waals surface area contributed by atoms with Crippen LogP contribution in [0.15, 0.2) is 28.3 Å². The van der Waals surface area contributed by atoms with Crippen molar-refractivity contribution in [1.82, 2.24) is 5.43 Å². The summed E-state index contributed by atoms with van der Waals surface area (Å²) in [7, 11) is 0. The first-order chi connectivity index (χ1) is 11.8. The van der Waals surface area contributed by atoms with Crippen LogP contribution in [0, 0.1) is 0 Å². The molecule has 0 radical (unpaired) electrons. The first kappa shape index (κ1) is 22.0. The molecule has 1 amide bonds. The number of aliphatic hydroxyl groups excluding tert-OH is 1. The van der Waals surface area contributed by atoms with E-state index in [4.69, 9.17) is 19.9 Å². The van der Waals surface area contributed by atoms with Gasteiger partial charge in [-0.1, -0.05) is 0 Å². The first-order valence-corrected chi connectivity index (χ1v) is 7.50. The average Bonchev–Trinajstić information content (AvgIpc) is 2.53. The zero-order valence-electron chi connectivity index (χ0n) is 14.6. The summed E-state index contributed by atoms with van der Waals surface area (Å²) in [6, 6.07) is 0. The molecule has 25 heavy (non-hydrogen) atoms. The first-order valence-electron chi connectivity index (χ1n) is 7.50. The van der Waals surface area contributed by atoms with Crippen molar-refractivity contribution in [3.05, 3.63) is 23.2 Å². The number of amidine groups is 1. The third kappa shape index (κ3) is 7.86. The van der Waals surface area contributed by atoms with E-state index >= 15 is 0 Å². The molecule has 0 bridgehead atoms. The predicted molar refractivity (Wildman–Crippen MR) is 88.1 cm³/mol. The molecule has 0 aromatic carbocycles. The number of carbonyl (C=O) groups is 3. The van der Waals surface area contributed by atoms with Gasteiger partial charge in [-0.2, -0.15) is 5.10 Å². The number of hydrazone groups is 1. The number of carbonyl (C=O) groups excluding carboxylic acids is 3. The van der Waals surface area contributed by atoms with Gasteiger partial charge in [-0.3, -0.25) is 4.79 Å². The van der Waals surface area contributed by atoms with Crippen molar-refractivity contribution in [2.24, 2.45) is 10.8 Å². The Bertz CT molecular complexity index is 594. The van der Waals surface area contributed by atoms with Gasteiger partial charge in [0.05, 0.1) is 19.8 Å². The van der Waals surface area contributed by atoms with Gasteiger partial charge < -0.3 is 25.1 Å².